The van der Waals surface area contributed by atoms with Gasteiger partial charge in [0.05, 0.1) is 22.8 Å². The number of para-hydroxylation sites is 1. The average Bonchev–Trinajstić information content (AvgIpc) is 3.17. The van der Waals surface area contributed by atoms with Gasteiger partial charge in [-0.3, -0.25) is 0 Å². The molecule has 0 atom stereocenters. The van der Waals surface area contributed by atoms with Crippen LogP contribution in [0, 0.1) is 6.92 Å². The molecule has 5 rings (SSSR count). The lowest BCUT2D eigenvalue weighted by atomic mass is 10.0. The summed E-state index contributed by atoms with van der Waals surface area (Å²) in [6.07, 6.45) is 1.85. The van der Waals surface area contributed by atoms with Gasteiger partial charge in [0.1, 0.15) is 12.1 Å². The van der Waals surface area contributed by atoms with Crippen molar-refractivity contribution < 1.29 is 4.84 Å². The van der Waals surface area contributed by atoms with Crippen LogP contribution in [0.4, 0.5) is 0 Å². The molecule has 28 heavy (non-hydrogen) atoms. The van der Waals surface area contributed by atoms with Crippen molar-refractivity contribution in [2.75, 3.05) is 0 Å². The lowest BCUT2D eigenvalue weighted by Gasteiger charge is -2.11. The maximum absolute atomic E-state index is 6.05. The largest absolute Gasteiger partial charge is 0.391 e. The Kier molecular flexibility index (Phi) is 4.02. The summed E-state index contributed by atoms with van der Waals surface area (Å²) < 4.78 is 0. The number of aromatic nitrogens is 3. The van der Waals surface area contributed by atoms with Crippen molar-refractivity contribution in [1.29, 1.82) is 0 Å². The Morgan fingerprint density at radius 2 is 1.57 bits per heavy atom. The van der Waals surface area contributed by atoms with Crippen LogP contribution < -0.4 is 4.84 Å². The summed E-state index contributed by atoms with van der Waals surface area (Å²) >= 11 is 0. The fourth-order valence-corrected chi connectivity index (χ4v) is 3.56. The first-order chi connectivity index (χ1) is 13.8. The molecule has 0 aliphatic rings. The highest BCUT2D eigenvalue weighted by atomic mass is 16.7. The predicted octanol–water partition coefficient (Wildman–Crippen LogP) is 5.19. The van der Waals surface area contributed by atoms with E-state index in [1.807, 2.05) is 66.9 Å². The number of hydrogen-bond acceptors (Lipinski definition) is 3. The van der Waals surface area contributed by atoms with Gasteiger partial charge in [-0.15, -0.1) is 5.10 Å². The molecular weight excluding hydrogens is 346 g/mol. The molecule has 2 aromatic heterocycles. The first-order valence-corrected chi connectivity index (χ1v) is 9.31. The Morgan fingerprint density at radius 1 is 0.821 bits per heavy atom. The molecule has 3 aromatic carbocycles. The van der Waals surface area contributed by atoms with Gasteiger partial charge in [0.25, 0.3) is 0 Å². The third kappa shape index (κ3) is 2.79. The zero-order chi connectivity index (χ0) is 18.9. The highest BCUT2D eigenvalue weighted by Crippen LogP contribution is 2.33. The molecule has 136 valence electrons. The maximum Gasteiger partial charge on any atom is 0.142 e. The van der Waals surface area contributed by atoms with E-state index in [1.54, 1.807) is 4.85 Å². The van der Waals surface area contributed by atoms with Gasteiger partial charge < -0.3 is 4.84 Å². The van der Waals surface area contributed by atoms with E-state index in [0.717, 1.165) is 38.6 Å². The molecule has 0 fully saturated rings. The first kappa shape index (κ1) is 16.5. The first-order valence-electron chi connectivity index (χ1n) is 9.31. The molecule has 0 aliphatic carbocycles. The minimum absolute atomic E-state index is 0.452. The van der Waals surface area contributed by atoms with Crippen molar-refractivity contribution in [1.82, 2.24) is 14.9 Å². The van der Waals surface area contributed by atoms with Gasteiger partial charge >= 0.3 is 0 Å². The van der Waals surface area contributed by atoms with Crippen LogP contribution in [-0.4, -0.2) is 14.9 Å². The number of rotatable bonds is 4. The van der Waals surface area contributed by atoms with E-state index >= 15 is 0 Å². The number of pyridine rings is 1. The topological polar surface area (TPSA) is 39.9 Å². The van der Waals surface area contributed by atoms with Crippen molar-refractivity contribution in [3.8, 4) is 11.3 Å². The van der Waals surface area contributed by atoms with Gasteiger partial charge in [0.2, 0.25) is 0 Å². The normalized spacial score (nSPS) is 11.2. The highest BCUT2D eigenvalue weighted by molar-refractivity contribution is 6.09. The Morgan fingerprint density at radius 3 is 2.43 bits per heavy atom. The standard InChI is InChI=1S/C24H19N3O/c1-17-9-5-6-12-19(17)23-21-15-25-27(28-16-18-10-3-2-4-11-18)24(21)20-13-7-8-14-22(20)26-23/h2-15H,16H2,1H3. The van der Waals surface area contributed by atoms with Crippen molar-refractivity contribution in [3.63, 3.8) is 0 Å². The zero-order valence-corrected chi connectivity index (χ0v) is 15.5. The molecule has 0 bridgehead atoms. The van der Waals surface area contributed by atoms with Crippen LogP contribution in [0.25, 0.3) is 33.1 Å². The number of fused-ring (bicyclic) bond motifs is 3. The fraction of sp³-hybridized carbons (Fsp3) is 0.0833. The van der Waals surface area contributed by atoms with E-state index in [2.05, 4.69) is 30.2 Å². The lowest BCUT2D eigenvalue weighted by Crippen LogP contribution is -2.12. The molecule has 0 radical (unpaired) electrons. The monoisotopic (exact) mass is 365 g/mol. The molecular formula is C24H19N3O. The average molecular weight is 365 g/mol. The number of nitrogens with zero attached hydrogens (tertiary/aromatic N) is 3. The van der Waals surface area contributed by atoms with Crippen LogP contribution in [-0.2, 0) is 6.61 Å². The third-order valence-electron chi connectivity index (χ3n) is 4.98. The van der Waals surface area contributed by atoms with E-state index in [1.165, 1.54) is 5.56 Å². The predicted molar refractivity (Wildman–Crippen MR) is 112 cm³/mol. The zero-order valence-electron chi connectivity index (χ0n) is 15.5. The lowest BCUT2D eigenvalue weighted by molar-refractivity contribution is 0.0799. The Bertz CT molecular complexity index is 1280. The van der Waals surface area contributed by atoms with E-state index < -0.39 is 0 Å². The van der Waals surface area contributed by atoms with Gasteiger partial charge in [-0.1, -0.05) is 77.6 Å². The summed E-state index contributed by atoms with van der Waals surface area (Å²) in [6, 6.07) is 26.5. The van der Waals surface area contributed by atoms with Crippen molar-refractivity contribution in [2.24, 2.45) is 0 Å². The van der Waals surface area contributed by atoms with Crippen LogP contribution in [0.2, 0.25) is 0 Å². The molecule has 2 heterocycles. The molecule has 0 amide bonds. The summed E-state index contributed by atoms with van der Waals surface area (Å²) in [5.74, 6) is 0. The number of hydrogen-bond donors (Lipinski definition) is 0. The van der Waals surface area contributed by atoms with Crippen LogP contribution in [0.5, 0.6) is 0 Å². The molecule has 5 aromatic rings. The second-order valence-electron chi connectivity index (χ2n) is 6.83. The fourth-order valence-electron chi connectivity index (χ4n) is 3.56. The second-order valence-corrected chi connectivity index (χ2v) is 6.83. The SMILES string of the molecule is Cc1ccccc1-c1nc2ccccc2c2c1cnn2OCc1ccccc1. The van der Waals surface area contributed by atoms with Gasteiger partial charge in [-0.25, -0.2) is 4.98 Å². The van der Waals surface area contributed by atoms with Gasteiger partial charge in [-0.2, -0.15) is 0 Å². The minimum atomic E-state index is 0.452. The van der Waals surface area contributed by atoms with E-state index in [4.69, 9.17) is 9.82 Å². The quantitative estimate of drug-likeness (QED) is 0.440. The van der Waals surface area contributed by atoms with E-state index in [-0.39, 0.29) is 0 Å². The maximum atomic E-state index is 6.05. The molecule has 0 saturated carbocycles. The number of benzene rings is 3. The van der Waals surface area contributed by atoms with Crippen LogP contribution in [0.15, 0.2) is 85.1 Å². The van der Waals surface area contributed by atoms with Crippen molar-refractivity contribution in [2.45, 2.75) is 13.5 Å². The Labute approximate surface area is 163 Å². The molecule has 4 heteroatoms. The highest BCUT2D eigenvalue weighted by Gasteiger charge is 2.16. The summed E-state index contributed by atoms with van der Waals surface area (Å²) in [4.78, 5) is 12.6. The molecule has 0 N–H and O–H groups in total. The van der Waals surface area contributed by atoms with Crippen molar-refractivity contribution in [3.05, 3.63) is 96.2 Å². The molecule has 0 spiro atoms. The molecule has 0 saturated heterocycles. The van der Waals surface area contributed by atoms with Crippen molar-refractivity contribution >= 4 is 21.8 Å². The summed E-state index contributed by atoms with van der Waals surface area (Å²) in [5, 5.41) is 6.55. The van der Waals surface area contributed by atoms with Crippen LogP contribution in [0.1, 0.15) is 11.1 Å². The minimum Gasteiger partial charge on any atom is -0.391 e. The summed E-state index contributed by atoms with van der Waals surface area (Å²) in [7, 11) is 0. The Balaban J connectivity index is 1.70. The van der Waals surface area contributed by atoms with Gasteiger partial charge in [0, 0.05) is 10.9 Å². The molecule has 4 nitrogen and oxygen atoms in total. The molecule has 0 aliphatic heterocycles. The number of aryl methyl sites for hydroxylation is 1. The second kappa shape index (κ2) is 6.82. The van der Waals surface area contributed by atoms with Crippen LogP contribution >= 0.6 is 0 Å². The molecule has 0 unspecified atom stereocenters. The Hall–Kier alpha value is -3.66. The van der Waals surface area contributed by atoms with E-state index in [0.29, 0.717) is 6.61 Å². The van der Waals surface area contributed by atoms with Gasteiger partial charge in [0.15, 0.2) is 0 Å². The van der Waals surface area contributed by atoms with Crippen LogP contribution in [0.3, 0.4) is 0 Å². The third-order valence-corrected chi connectivity index (χ3v) is 4.98. The van der Waals surface area contributed by atoms with Gasteiger partial charge in [-0.05, 0) is 24.1 Å². The summed E-state index contributed by atoms with van der Waals surface area (Å²) in [5.41, 5.74) is 6.20. The summed E-state index contributed by atoms with van der Waals surface area (Å²) in [6.45, 7) is 2.56. The smallest absolute Gasteiger partial charge is 0.142 e. The van der Waals surface area contributed by atoms with E-state index in [9.17, 15) is 0 Å².